The highest BCUT2D eigenvalue weighted by molar-refractivity contribution is 6.04. The van der Waals surface area contributed by atoms with Crippen LogP contribution in [0.5, 0.6) is 0 Å². The number of carbonyl (C=O) groups is 3. The summed E-state index contributed by atoms with van der Waals surface area (Å²) >= 11 is 0. The van der Waals surface area contributed by atoms with Gasteiger partial charge in [-0.05, 0) is 18.9 Å². The molecule has 1 N–H and O–H groups in total. The summed E-state index contributed by atoms with van der Waals surface area (Å²) in [5.74, 6) is -1.29. The number of fused-ring (bicyclic) bond motifs is 1. The summed E-state index contributed by atoms with van der Waals surface area (Å²) in [6.45, 7) is 0.0115. The minimum Gasteiger partial charge on any atom is -0.322 e. The van der Waals surface area contributed by atoms with Gasteiger partial charge in [0, 0.05) is 12.5 Å². The molecule has 0 spiro atoms. The van der Waals surface area contributed by atoms with E-state index < -0.39 is 22.8 Å². The number of nitrogens with zero attached hydrogens (tertiary/aromatic N) is 2. The molecule has 0 radical (unpaired) electrons. The molecule has 22 heavy (non-hydrogen) atoms. The Kier molecular flexibility index (Phi) is 3.36. The van der Waals surface area contributed by atoms with Gasteiger partial charge in [0.1, 0.15) is 6.04 Å². The van der Waals surface area contributed by atoms with Crippen LogP contribution in [0.1, 0.15) is 35.2 Å². The average molecular weight is 303 g/mol. The van der Waals surface area contributed by atoms with Crippen LogP contribution in [0.25, 0.3) is 0 Å². The maximum atomic E-state index is 12.4. The zero-order valence-corrected chi connectivity index (χ0v) is 11.6. The zero-order valence-electron chi connectivity index (χ0n) is 11.6. The Balaban J connectivity index is 1.93. The van der Waals surface area contributed by atoms with E-state index in [0.717, 1.165) is 0 Å². The van der Waals surface area contributed by atoms with Crippen LogP contribution < -0.4 is 5.32 Å². The number of hydrogen-bond acceptors (Lipinski definition) is 5. The molecule has 0 aromatic heterocycles. The maximum Gasteiger partial charge on any atom is 0.275 e. The SMILES string of the molecule is O=C1CCC[C@H](N2Cc3c(cccc3[N+](=O)[O-])C2=O)C(=O)N1. The molecule has 0 aliphatic carbocycles. The van der Waals surface area contributed by atoms with E-state index in [2.05, 4.69) is 5.32 Å². The van der Waals surface area contributed by atoms with Gasteiger partial charge < -0.3 is 4.90 Å². The van der Waals surface area contributed by atoms with Crippen LogP contribution in [-0.4, -0.2) is 33.6 Å². The summed E-state index contributed by atoms with van der Waals surface area (Å²) in [5.41, 5.74) is 0.442. The number of benzene rings is 1. The van der Waals surface area contributed by atoms with Crippen molar-refractivity contribution in [3.05, 3.63) is 39.4 Å². The molecule has 2 aliphatic rings. The van der Waals surface area contributed by atoms with Gasteiger partial charge in [0.05, 0.1) is 22.6 Å². The van der Waals surface area contributed by atoms with Crippen LogP contribution in [0.3, 0.4) is 0 Å². The zero-order chi connectivity index (χ0) is 15.9. The fourth-order valence-electron chi connectivity index (χ4n) is 2.93. The smallest absolute Gasteiger partial charge is 0.275 e. The number of nitro benzene ring substituents is 1. The second-order valence-corrected chi connectivity index (χ2v) is 5.31. The number of nitrogens with one attached hydrogen (secondary N) is 1. The molecule has 0 bridgehead atoms. The third-order valence-electron chi connectivity index (χ3n) is 3.99. The quantitative estimate of drug-likeness (QED) is 0.492. The Morgan fingerprint density at radius 3 is 2.77 bits per heavy atom. The van der Waals surface area contributed by atoms with Gasteiger partial charge in [-0.3, -0.25) is 29.8 Å². The van der Waals surface area contributed by atoms with Gasteiger partial charge in [0.2, 0.25) is 11.8 Å². The maximum absolute atomic E-state index is 12.4. The summed E-state index contributed by atoms with van der Waals surface area (Å²) < 4.78 is 0. The highest BCUT2D eigenvalue weighted by atomic mass is 16.6. The predicted octanol–water partition coefficient (Wildman–Crippen LogP) is 0.746. The lowest BCUT2D eigenvalue weighted by atomic mass is 10.1. The fraction of sp³-hybridized carbons (Fsp3) is 0.357. The second-order valence-electron chi connectivity index (χ2n) is 5.31. The normalized spacial score (nSPS) is 21.4. The number of hydrogen-bond donors (Lipinski definition) is 1. The van der Waals surface area contributed by atoms with Crippen LogP contribution >= 0.6 is 0 Å². The van der Waals surface area contributed by atoms with Gasteiger partial charge in [0.25, 0.3) is 11.6 Å². The van der Waals surface area contributed by atoms with E-state index in [9.17, 15) is 24.5 Å². The van der Waals surface area contributed by atoms with Crippen molar-refractivity contribution in [2.24, 2.45) is 0 Å². The molecular formula is C14H13N3O5. The van der Waals surface area contributed by atoms with E-state index >= 15 is 0 Å². The van der Waals surface area contributed by atoms with Gasteiger partial charge in [0.15, 0.2) is 0 Å². The molecule has 1 fully saturated rings. The number of nitro groups is 1. The number of imide groups is 1. The summed E-state index contributed by atoms with van der Waals surface area (Å²) in [6.07, 6.45) is 1.09. The van der Waals surface area contributed by atoms with Crippen molar-refractivity contribution in [2.45, 2.75) is 31.8 Å². The van der Waals surface area contributed by atoms with E-state index in [4.69, 9.17) is 0 Å². The van der Waals surface area contributed by atoms with Crippen LogP contribution in [0, 0.1) is 10.1 Å². The first-order valence-electron chi connectivity index (χ1n) is 6.90. The van der Waals surface area contributed by atoms with Crippen LogP contribution in [-0.2, 0) is 16.1 Å². The molecule has 8 heteroatoms. The van der Waals surface area contributed by atoms with E-state index in [1.54, 1.807) is 0 Å². The number of amides is 3. The lowest BCUT2D eigenvalue weighted by molar-refractivity contribution is -0.385. The van der Waals surface area contributed by atoms with Gasteiger partial charge in [-0.2, -0.15) is 0 Å². The minimum absolute atomic E-state index is 0.0115. The first kappa shape index (κ1) is 14.2. The van der Waals surface area contributed by atoms with Crippen molar-refractivity contribution in [2.75, 3.05) is 0 Å². The van der Waals surface area contributed by atoms with E-state index in [-0.39, 0.29) is 30.1 Å². The van der Waals surface area contributed by atoms with E-state index in [1.807, 2.05) is 0 Å². The first-order chi connectivity index (χ1) is 10.5. The highest BCUT2D eigenvalue weighted by Gasteiger charge is 2.40. The predicted molar refractivity (Wildman–Crippen MR) is 73.8 cm³/mol. The van der Waals surface area contributed by atoms with Crippen molar-refractivity contribution in [3.8, 4) is 0 Å². The number of rotatable bonds is 2. The summed E-state index contributed by atoms with van der Waals surface area (Å²) in [7, 11) is 0. The lowest BCUT2D eigenvalue weighted by Crippen LogP contribution is -2.46. The Bertz CT molecular complexity index is 700. The van der Waals surface area contributed by atoms with Crippen LogP contribution in [0.15, 0.2) is 18.2 Å². The monoisotopic (exact) mass is 303 g/mol. The topological polar surface area (TPSA) is 110 Å². The molecule has 2 aliphatic heterocycles. The Labute approximate surface area is 125 Å². The largest absolute Gasteiger partial charge is 0.322 e. The standard InChI is InChI=1S/C14H13N3O5/c18-12-6-2-5-11(13(19)15-12)16-7-9-8(14(16)20)3-1-4-10(9)17(21)22/h1,3-4,11H,2,5-7H2,(H,15,18,19)/t11-/m0/s1. The Hall–Kier alpha value is -2.77. The molecule has 3 rings (SSSR count). The van der Waals surface area contributed by atoms with Crippen LogP contribution in [0.2, 0.25) is 0 Å². The van der Waals surface area contributed by atoms with Crippen molar-refractivity contribution < 1.29 is 19.3 Å². The third-order valence-corrected chi connectivity index (χ3v) is 3.99. The van der Waals surface area contributed by atoms with E-state index in [0.29, 0.717) is 18.4 Å². The van der Waals surface area contributed by atoms with Gasteiger partial charge >= 0.3 is 0 Å². The summed E-state index contributed by atoms with van der Waals surface area (Å²) in [4.78, 5) is 47.7. The lowest BCUT2D eigenvalue weighted by Gasteiger charge is -2.24. The molecule has 3 amide bonds. The van der Waals surface area contributed by atoms with Crippen molar-refractivity contribution in [3.63, 3.8) is 0 Å². The molecule has 0 saturated carbocycles. The van der Waals surface area contributed by atoms with Crippen molar-refractivity contribution >= 4 is 23.4 Å². The molecular weight excluding hydrogens is 290 g/mol. The van der Waals surface area contributed by atoms with Gasteiger partial charge in [-0.15, -0.1) is 0 Å². The molecule has 1 aromatic rings. The van der Waals surface area contributed by atoms with Crippen molar-refractivity contribution in [1.29, 1.82) is 0 Å². The molecule has 8 nitrogen and oxygen atoms in total. The Morgan fingerprint density at radius 1 is 1.27 bits per heavy atom. The molecule has 1 aromatic carbocycles. The number of carbonyl (C=O) groups excluding carboxylic acids is 3. The molecule has 2 heterocycles. The van der Waals surface area contributed by atoms with Gasteiger partial charge in [-0.25, -0.2) is 0 Å². The second kappa shape index (κ2) is 5.21. The molecule has 1 saturated heterocycles. The summed E-state index contributed by atoms with van der Waals surface area (Å²) in [5, 5.41) is 13.3. The first-order valence-corrected chi connectivity index (χ1v) is 6.90. The third kappa shape index (κ3) is 2.22. The minimum atomic E-state index is -0.772. The summed E-state index contributed by atoms with van der Waals surface area (Å²) in [6, 6.07) is 3.54. The van der Waals surface area contributed by atoms with Crippen molar-refractivity contribution in [1.82, 2.24) is 10.2 Å². The van der Waals surface area contributed by atoms with Crippen LogP contribution in [0.4, 0.5) is 5.69 Å². The fourth-order valence-corrected chi connectivity index (χ4v) is 2.93. The molecule has 1 atom stereocenters. The van der Waals surface area contributed by atoms with Gasteiger partial charge in [-0.1, -0.05) is 6.07 Å². The molecule has 114 valence electrons. The Morgan fingerprint density at radius 2 is 2.05 bits per heavy atom. The average Bonchev–Trinajstić information content (AvgIpc) is 2.70. The van der Waals surface area contributed by atoms with E-state index in [1.165, 1.54) is 23.1 Å². The molecule has 0 unspecified atom stereocenters. The highest BCUT2D eigenvalue weighted by Crippen LogP contribution is 2.33.